The lowest BCUT2D eigenvalue weighted by Gasteiger charge is -2.35. The molecule has 0 bridgehead atoms. The normalized spacial score (nSPS) is 14.0. The predicted octanol–water partition coefficient (Wildman–Crippen LogP) is 2.92. The highest BCUT2D eigenvalue weighted by Gasteiger charge is 2.24. The van der Waals surface area contributed by atoms with Crippen LogP contribution in [0.5, 0.6) is 0 Å². The molecule has 0 atom stereocenters. The summed E-state index contributed by atoms with van der Waals surface area (Å²) in [5, 5.41) is 11.4. The van der Waals surface area contributed by atoms with Crippen molar-refractivity contribution in [2.45, 2.75) is 19.4 Å². The number of carbonyl (C=O) groups is 2. The quantitative estimate of drug-likeness (QED) is 0.402. The molecule has 33 heavy (non-hydrogen) atoms. The van der Waals surface area contributed by atoms with E-state index >= 15 is 0 Å². The van der Waals surface area contributed by atoms with Gasteiger partial charge in [-0.15, -0.1) is 0 Å². The molecular weight excluding hydrogens is 452 g/mol. The molecule has 11 heteroatoms. The van der Waals surface area contributed by atoms with E-state index in [-0.39, 0.29) is 36.1 Å². The number of fused-ring (bicyclic) bond motifs is 1. The lowest BCUT2D eigenvalue weighted by atomic mass is 10.1. The van der Waals surface area contributed by atoms with Gasteiger partial charge in [-0.25, -0.2) is 4.79 Å². The van der Waals surface area contributed by atoms with Gasteiger partial charge in [0.25, 0.3) is 11.6 Å². The number of oxazole rings is 1. The molecule has 0 radical (unpaired) electrons. The van der Waals surface area contributed by atoms with Crippen LogP contribution >= 0.6 is 11.6 Å². The van der Waals surface area contributed by atoms with Gasteiger partial charge in [-0.05, 0) is 36.8 Å². The minimum atomic E-state index is -0.618. The topological polar surface area (TPSA) is 119 Å². The maximum Gasteiger partial charge on any atom is 0.419 e. The summed E-state index contributed by atoms with van der Waals surface area (Å²) >= 11 is 5.87. The summed E-state index contributed by atoms with van der Waals surface area (Å²) in [5.74, 6) is -0.762. The van der Waals surface area contributed by atoms with Crippen LogP contribution in [-0.2, 0) is 11.3 Å². The summed E-state index contributed by atoms with van der Waals surface area (Å²) in [4.78, 5) is 51.1. The van der Waals surface area contributed by atoms with Crippen LogP contribution in [0.4, 0.5) is 5.69 Å². The van der Waals surface area contributed by atoms with Gasteiger partial charge in [0, 0.05) is 55.8 Å². The average molecular weight is 473 g/mol. The Balaban J connectivity index is 1.29. The first-order valence-electron chi connectivity index (χ1n) is 10.4. The largest absolute Gasteiger partial charge is 0.419 e. The Kier molecular flexibility index (Phi) is 6.45. The number of non-ortho nitro benzene ring substituents is 1. The number of nitro benzene ring substituents is 1. The van der Waals surface area contributed by atoms with Gasteiger partial charge in [0.05, 0.1) is 16.5 Å². The zero-order valence-electron chi connectivity index (χ0n) is 17.6. The summed E-state index contributed by atoms with van der Waals surface area (Å²) < 4.78 is 6.47. The number of hydrogen-bond donors (Lipinski definition) is 0. The van der Waals surface area contributed by atoms with Gasteiger partial charge >= 0.3 is 5.76 Å². The number of piperazine rings is 1. The van der Waals surface area contributed by atoms with E-state index in [1.54, 1.807) is 34.1 Å². The maximum atomic E-state index is 12.6. The number of amides is 2. The van der Waals surface area contributed by atoms with Crippen LogP contribution in [-0.4, -0.2) is 57.3 Å². The SMILES string of the molecule is O=C(CCCn1c(=O)oc2cc([N+](=O)[O-])ccc21)N1CCN(C(=O)c2ccc(Cl)cc2)CC1. The number of nitrogens with zero attached hydrogens (tertiary/aromatic N) is 4. The molecule has 0 N–H and O–H groups in total. The second-order valence-electron chi connectivity index (χ2n) is 7.71. The Morgan fingerprint density at radius 2 is 1.70 bits per heavy atom. The molecule has 2 aromatic carbocycles. The van der Waals surface area contributed by atoms with Crippen LogP contribution in [0.25, 0.3) is 11.1 Å². The maximum absolute atomic E-state index is 12.6. The fourth-order valence-electron chi connectivity index (χ4n) is 3.86. The number of aryl methyl sites for hydroxylation is 1. The molecule has 0 aliphatic carbocycles. The smallest absolute Gasteiger partial charge is 0.407 e. The van der Waals surface area contributed by atoms with Crippen LogP contribution in [0.2, 0.25) is 5.02 Å². The third-order valence-electron chi connectivity index (χ3n) is 5.65. The first kappa shape index (κ1) is 22.5. The molecule has 172 valence electrons. The van der Waals surface area contributed by atoms with Crippen molar-refractivity contribution >= 4 is 40.2 Å². The van der Waals surface area contributed by atoms with Crippen molar-refractivity contribution in [2.75, 3.05) is 26.2 Å². The number of halogens is 1. The molecule has 4 rings (SSSR count). The Morgan fingerprint density at radius 3 is 2.36 bits per heavy atom. The van der Waals surface area contributed by atoms with Gasteiger partial charge in [-0.2, -0.15) is 0 Å². The predicted molar refractivity (Wildman–Crippen MR) is 120 cm³/mol. The Bertz CT molecular complexity index is 1260. The van der Waals surface area contributed by atoms with Gasteiger partial charge in [0.1, 0.15) is 0 Å². The van der Waals surface area contributed by atoms with Gasteiger partial charge in [0.15, 0.2) is 5.58 Å². The lowest BCUT2D eigenvalue weighted by Crippen LogP contribution is -2.50. The summed E-state index contributed by atoms with van der Waals surface area (Å²) in [6, 6.07) is 10.7. The first-order chi connectivity index (χ1) is 15.8. The number of aromatic nitrogens is 1. The van der Waals surface area contributed by atoms with E-state index in [0.29, 0.717) is 48.7 Å². The van der Waals surface area contributed by atoms with E-state index < -0.39 is 10.7 Å². The molecular formula is C22H21ClN4O6. The number of rotatable bonds is 6. The second-order valence-corrected chi connectivity index (χ2v) is 8.15. The van der Waals surface area contributed by atoms with E-state index in [2.05, 4.69) is 0 Å². The zero-order chi connectivity index (χ0) is 23.5. The minimum Gasteiger partial charge on any atom is -0.407 e. The van der Waals surface area contributed by atoms with Gasteiger partial charge in [-0.3, -0.25) is 24.3 Å². The Morgan fingerprint density at radius 1 is 1.03 bits per heavy atom. The molecule has 3 aromatic rings. The summed E-state index contributed by atoms with van der Waals surface area (Å²) in [6.45, 7) is 2.02. The van der Waals surface area contributed by atoms with Gasteiger partial charge < -0.3 is 14.2 Å². The molecule has 2 amide bonds. The molecule has 0 unspecified atom stereocenters. The summed E-state index contributed by atoms with van der Waals surface area (Å²) in [7, 11) is 0. The van der Waals surface area contributed by atoms with Gasteiger partial charge in [-0.1, -0.05) is 11.6 Å². The van der Waals surface area contributed by atoms with Crippen molar-refractivity contribution < 1.29 is 18.9 Å². The van der Waals surface area contributed by atoms with Crippen molar-refractivity contribution in [3.05, 3.63) is 73.7 Å². The fraction of sp³-hybridized carbons (Fsp3) is 0.318. The summed E-state index contributed by atoms with van der Waals surface area (Å²) in [5.41, 5.74) is 0.990. The molecule has 10 nitrogen and oxygen atoms in total. The highest BCUT2D eigenvalue weighted by molar-refractivity contribution is 6.30. The van der Waals surface area contributed by atoms with Crippen molar-refractivity contribution in [1.29, 1.82) is 0 Å². The van der Waals surface area contributed by atoms with Gasteiger partial charge in [0.2, 0.25) is 5.91 Å². The monoisotopic (exact) mass is 472 g/mol. The van der Waals surface area contributed by atoms with Crippen LogP contribution in [0.15, 0.2) is 51.7 Å². The fourth-order valence-corrected chi connectivity index (χ4v) is 3.99. The number of nitro groups is 1. The average Bonchev–Trinajstić information content (AvgIpc) is 3.13. The van der Waals surface area contributed by atoms with Crippen molar-refractivity contribution in [1.82, 2.24) is 14.4 Å². The molecule has 1 aliphatic heterocycles. The second kappa shape index (κ2) is 9.45. The van der Waals surface area contributed by atoms with E-state index in [4.69, 9.17) is 16.0 Å². The summed E-state index contributed by atoms with van der Waals surface area (Å²) in [6.07, 6.45) is 0.644. The standard InChI is InChI=1S/C22H21ClN4O6/c23-16-5-3-15(4-6-16)21(29)25-12-10-24(11-13-25)20(28)2-1-9-26-18-8-7-17(27(31)32)14-19(18)33-22(26)30/h3-8,14H,1-2,9-13H2. The molecule has 0 spiro atoms. The van der Waals surface area contributed by atoms with E-state index in [1.807, 2.05) is 0 Å². The van der Waals surface area contributed by atoms with Crippen molar-refractivity contribution in [3.8, 4) is 0 Å². The number of hydrogen-bond acceptors (Lipinski definition) is 6. The Labute approximate surface area is 193 Å². The molecule has 0 saturated carbocycles. The van der Waals surface area contributed by atoms with Crippen LogP contribution in [0, 0.1) is 10.1 Å². The first-order valence-corrected chi connectivity index (χ1v) is 10.8. The molecule has 1 aliphatic rings. The third kappa shape index (κ3) is 4.90. The molecule has 1 aromatic heterocycles. The zero-order valence-corrected chi connectivity index (χ0v) is 18.4. The number of benzene rings is 2. The number of carbonyl (C=O) groups excluding carboxylic acids is 2. The lowest BCUT2D eigenvalue weighted by molar-refractivity contribution is -0.384. The molecule has 2 heterocycles. The minimum absolute atomic E-state index is 0.0509. The van der Waals surface area contributed by atoms with Crippen LogP contribution < -0.4 is 5.76 Å². The Hall–Kier alpha value is -3.66. The third-order valence-corrected chi connectivity index (χ3v) is 5.90. The van der Waals surface area contributed by atoms with Crippen LogP contribution in [0.1, 0.15) is 23.2 Å². The van der Waals surface area contributed by atoms with E-state index in [9.17, 15) is 24.5 Å². The highest BCUT2D eigenvalue weighted by atomic mass is 35.5. The highest BCUT2D eigenvalue weighted by Crippen LogP contribution is 2.20. The van der Waals surface area contributed by atoms with Crippen molar-refractivity contribution in [3.63, 3.8) is 0 Å². The van der Waals surface area contributed by atoms with E-state index in [1.165, 1.54) is 22.8 Å². The van der Waals surface area contributed by atoms with Crippen LogP contribution in [0.3, 0.4) is 0 Å². The van der Waals surface area contributed by atoms with E-state index in [0.717, 1.165) is 0 Å². The molecule has 1 saturated heterocycles. The molecule has 1 fully saturated rings. The van der Waals surface area contributed by atoms with Crippen molar-refractivity contribution in [2.24, 2.45) is 0 Å².